The van der Waals surface area contributed by atoms with Gasteiger partial charge < -0.3 is 26.4 Å². The molecule has 0 bridgehead atoms. The van der Waals surface area contributed by atoms with E-state index in [4.69, 9.17) is 10.8 Å². The first-order valence-corrected chi connectivity index (χ1v) is 5.56. The topological polar surface area (TPSA) is 116 Å². The number of benzene rings is 1. The Labute approximate surface area is 109 Å². The number of thiocarbonyl (C=S) groups is 1. The summed E-state index contributed by atoms with van der Waals surface area (Å²) in [4.78, 5) is 10.5. The number of hydrogen-bond donors (Lipinski definition) is 5. The van der Waals surface area contributed by atoms with Crippen molar-refractivity contribution in [3.63, 3.8) is 0 Å². The SMILES string of the molecule is NC(=S)Nc1ccccc1C(O)C(O)CC(=O)O. The molecule has 0 spiro atoms. The lowest BCUT2D eigenvalue weighted by Gasteiger charge is -2.19. The van der Waals surface area contributed by atoms with Gasteiger partial charge in [0.15, 0.2) is 5.11 Å². The van der Waals surface area contributed by atoms with Crippen LogP contribution in [-0.4, -0.2) is 32.5 Å². The molecule has 0 saturated heterocycles. The van der Waals surface area contributed by atoms with Gasteiger partial charge >= 0.3 is 5.97 Å². The second kappa shape index (κ2) is 6.29. The molecule has 0 radical (unpaired) electrons. The number of hydrogen-bond acceptors (Lipinski definition) is 4. The Balaban J connectivity index is 2.93. The van der Waals surface area contributed by atoms with E-state index in [1.165, 1.54) is 0 Å². The van der Waals surface area contributed by atoms with E-state index in [9.17, 15) is 15.0 Å². The number of carboxylic acid groups (broad SMARTS) is 1. The molecule has 2 unspecified atom stereocenters. The minimum absolute atomic E-state index is 0.0161. The van der Waals surface area contributed by atoms with Gasteiger partial charge in [-0.1, -0.05) is 18.2 Å². The van der Waals surface area contributed by atoms with Crippen molar-refractivity contribution in [1.82, 2.24) is 0 Å². The monoisotopic (exact) mass is 270 g/mol. The molecule has 0 amide bonds. The fourth-order valence-corrected chi connectivity index (χ4v) is 1.61. The third-order valence-corrected chi connectivity index (χ3v) is 2.39. The van der Waals surface area contributed by atoms with Crippen LogP contribution in [0.5, 0.6) is 0 Å². The van der Waals surface area contributed by atoms with E-state index in [1.54, 1.807) is 24.3 Å². The smallest absolute Gasteiger partial charge is 0.306 e. The quantitative estimate of drug-likeness (QED) is 0.486. The number of nitrogens with two attached hydrogens (primary N) is 1. The summed E-state index contributed by atoms with van der Waals surface area (Å²) in [6.45, 7) is 0. The molecular weight excluding hydrogens is 256 g/mol. The molecule has 2 atom stereocenters. The average molecular weight is 270 g/mol. The van der Waals surface area contributed by atoms with Crippen LogP contribution >= 0.6 is 12.2 Å². The minimum atomic E-state index is -1.41. The first kappa shape index (κ1) is 14.4. The maximum Gasteiger partial charge on any atom is 0.306 e. The van der Waals surface area contributed by atoms with Crippen LogP contribution in [0, 0.1) is 0 Å². The van der Waals surface area contributed by atoms with Gasteiger partial charge in [0.2, 0.25) is 0 Å². The summed E-state index contributed by atoms with van der Waals surface area (Å²) in [5.74, 6) is -1.19. The van der Waals surface area contributed by atoms with E-state index in [1.807, 2.05) is 0 Å². The van der Waals surface area contributed by atoms with E-state index < -0.39 is 24.6 Å². The number of para-hydroxylation sites is 1. The first-order valence-electron chi connectivity index (χ1n) is 5.15. The zero-order chi connectivity index (χ0) is 13.7. The second-order valence-electron chi connectivity index (χ2n) is 3.69. The predicted molar refractivity (Wildman–Crippen MR) is 70.1 cm³/mol. The van der Waals surface area contributed by atoms with E-state index in [2.05, 4.69) is 17.5 Å². The van der Waals surface area contributed by atoms with Crippen LogP contribution in [0.4, 0.5) is 5.69 Å². The molecule has 0 aliphatic carbocycles. The third kappa shape index (κ3) is 3.95. The number of nitrogens with one attached hydrogen (secondary N) is 1. The largest absolute Gasteiger partial charge is 0.481 e. The van der Waals surface area contributed by atoms with Gasteiger partial charge in [-0.2, -0.15) is 0 Å². The van der Waals surface area contributed by atoms with E-state index in [-0.39, 0.29) is 5.11 Å². The van der Waals surface area contributed by atoms with Crippen molar-refractivity contribution in [2.45, 2.75) is 18.6 Å². The van der Waals surface area contributed by atoms with E-state index in [0.29, 0.717) is 11.3 Å². The van der Waals surface area contributed by atoms with Gasteiger partial charge in [0.05, 0.1) is 12.5 Å². The van der Waals surface area contributed by atoms with Crippen LogP contribution in [0.3, 0.4) is 0 Å². The lowest BCUT2D eigenvalue weighted by atomic mass is 10.0. The molecule has 7 heteroatoms. The van der Waals surface area contributed by atoms with Crippen LogP contribution in [-0.2, 0) is 4.79 Å². The van der Waals surface area contributed by atoms with Gasteiger partial charge in [-0.15, -0.1) is 0 Å². The Bertz CT molecular complexity index is 452. The van der Waals surface area contributed by atoms with Gasteiger partial charge in [-0.3, -0.25) is 4.79 Å². The van der Waals surface area contributed by atoms with E-state index in [0.717, 1.165) is 0 Å². The molecule has 6 N–H and O–H groups in total. The highest BCUT2D eigenvalue weighted by atomic mass is 32.1. The third-order valence-electron chi connectivity index (χ3n) is 2.29. The molecule has 0 heterocycles. The highest BCUT2D eigenvalue weighted by Crippen LogP contribution is 2.26. The number of aliphatic hydroxyl groups is 2. The normalized spacial score (nSPS) is 13.7. The molecule has 0 fully saturated rings. The predicted octanol–water partition coefficient (Wildman–Crippen LogP) is 0.211. The molecule has 0 aromatic heterocycles. The fourth-order valence-electron chi connectivity index (χ4n) is 1.50. The van der Waals surface area contributed by atoms with Crippen LogP contribution in [0.2, 0.25) is 0 Å². The highest BCUT2D eigenvalue weighted by Gasteiger charge is 2.23. The van der Waals surface area contributed by atoms with Crippen LogP contribution in [0.25, 0.3) is 0 Å². The van der Waals surface area contributed by atoms with Crippen molar-refractivity contribution in [3.05, 3.63) is 29.8 Å². The van der Waals surface area contributed by atoms with Crippen molar-refractivity contribution in [3.8, 4) is 0 Å². The first-order chi connectivity index (χ1) is 8.41. The summed E-state index contributed by atoms with van der Waals surface area (Å²) in [7, 11) is 0. The van der Waals surface area contributed by atoms with Gasteiger partial charge in [0.1, 0.15) is 6.10 Å². The molecule has 98 valence electrons. The number of rotatable bonds is 5. The molecule has 6 nitrogen and oxygen atoms in total. The summed E-state index contributed by atoms with van der Waals surface area (Å²) in [6, 6.07) is 6.51. The van der Waals surface area contributed by atoms with Crippen molar-refractivity contribution in [2.75, 3.05) is 5.32 Å². The fraction of sp³-hybridized carbons (Fsp3) is 0.273. The van der Waals surface area contributed by atoms with Crippen molar-refractivity contribution < 1.29 is 20.1 Å². The Kier molecular flexibility index (Phi) is 5.02. The molecule has 1 aromatic rings. The molecule has 0 aliphatic rings. The minimum Gasteiger partial charge on any atom is -0.481 e. The Morgan fingerprint density at radius 3 is 2.56 bits per heavy atom. The number of aliphatic carboxylic acids is 1. The highest BCUT2D eigenvalue weighted by molar-refractivity contribution is 7.80. The van der Waals surface area contributed by atoms with Crippen molar-refractivity contribution in [1.29, 1.82) is 0 Å². The summed E-state index contributed by atoms with van der Waals surface area (Å²) >= 11 is 4.69. The Morgan fingerprint density at radius 2 is 2.00 bits per heavy atom. The van der Waals surface area contributed by atoms with Gasteiger partial charge in [-0.05, 0) is 18.3 Å². The van der Waals surface area contributed by atoms with E-state index >= 15 is 0 Å². The summed E-state index contributed by atoms with van der Waals surface area (Å²) < 4.78 is 0. The number of carboxylic acids is 1. The molecule has 0 saturated carbocycles. The second-order valence-corrected chi connectivity index (χ2v) is 4.13. The molecule has 1 aromatic carbocycles. The Morgan fingerprint density at radius 1 is 1.39 bits per heavy atom. The van der Waals surface area contributed by atoms with Crippen molar-refractivity contribution in [2.24, 2.45) is 5.73 Å². The van der Waals surface area contributed by atoms with Gasteiger partial charge in [0.25, 0.3) is 0 Å². The Hall–Kier alpha value is -1.70. The van der Waals surface area contributed by atoms with Gasteiger partial charge in [-0.25, -0.2) is 0 Å². The molecule has 1 rings (SSSR count). The molecule has 18 heavy (non-hydrogen) atoms. The molecule has 0 aliphatic heterocycles. The number of carbonyl (C=O) groups is 1. The standard InChI is InChI=1S/C11H14N2O4S/c12-11(18)13-7-4-2-1-3-6(7)10(17)8(14)5-9(15)16/h1-4,8,10,14,17H,5H2,(H,15,16)(H3,12,13,18). The maximum absolute atomic E-state index is 10.5. The van der Waals surface area contributed by atoms with Crippen LogP contribution in [0.1, 0.15) is 18.1 Å². The van der Waals surface area contributed by atoms with Crippen LogP contribution in [0.15, 0.2) is 24.3 Å². The number of anilines is 1. The van der Waals surface area contributed by atoms with Gasteiger partial charge in [0, 0.05) is 11.3 Å². The lowest BCUT2D eigenvalue weighted by molar-refractivity contribution is -0.141. The summed E-state index contributed by atoms with van der Waals surface area (Å²) in [5, 5.41) is 30.7. The zero-order valence-electron chi connectivity index (χ0n) is 9.41. The average Bonchev–Trinajstić information content (AvgIpc) is 2.27. The summed E-state index contributed by atoms with van der Waals surface area (Å²) in [5.41, 5.74) is 6.10. The van der Waals surface area contributed by atoms with Crippen LogP contribution < -0.4 is 11.1 Å². The lowest BCUT2D eigenvalue weighted by Crippen LogP contribution is -2.25. The zero-order valence-corrected chi connectivity index (χ0v) is 10.2. The number of aliphatic hydroxyl groups excluding tert-OH is 2. The maximum atomic E-state index is 10.5. The summed E-state index contributed by atoms with van der Waals surface area (Å²) in [6.07, 6.45) is -3.29. The van der Waals surface area contributed by atoms with Crippen molar-refractivity contribution >= 4 is 29.0 Å². The molecular formula is C11H14N2O4S.